The van der Waals surface area contributed by atoms with Crippen LogP contribution in [0.2, 0.25) is 0 Å². The molecule has 0 saturated carbocycles. The molecule has 1 heterocycles. The Labute approximate surface area is 149 Å². The molecule has 0 atom stereocenters. The van der Waals surface area contributed by atoms with Crippen molar-refractivity contribution in [1.82, 2.24) is 5.32 Å². The molecule has 1 N–H and O–H groups in total. The minimum absolute atomic E-state index is 0.0311. The highest BCUT2D eigenvalue weighted by Gasteiger charge is 2.06. The predicted octanol–water partition coefficient (Wildman–Crippen LogP) is 4.09. The second-order valence-corrected chi connectivity index (χ2v) is 7.04. The van der Waals surface area contributed by atoms with Crippen LogP contribution in [0.25, 0.3) is 0 Å². The van der Waals surface area contributed by atoms with Crippen molar-refractivity contribution in [1.29, 1.82) is 0 Å². The monoisotopic (exact) mass is 397 g/mol. The Bertz CT molecular complexity index is 620. The van der Waals surface area contributed by atoms with Gasteiger partial charge in [0.1, 0.15) is 11.5 Å². The quantitative estimate of drug-likeness (QED) is 0.681. The predicted molar refractivity (Wildman–Crippen MR) is 97.0 cm³/mol. The number of amides is 1. The molecule has 0 saturated heterocycles. The molecule has 1 aromatic carbocycles. The summed E-state index contributed by atoms with van der Waals surface area (Å²) in [5.41, 5.74) is 2.18. The van der Waals surface area contributed by atoms with E-state index >= 15 is 0 Å². The van der Waals surface area contributed by atoms with Gasteiger partial charge >= 0.3 is 0 Å². The minimum Gasteiger partial charge on any atom is -0.484 e. The zero-order valence-electron chi connectivity index (χ0n) is 13.2. The Hall–Kier alpha value is -1.40. The van der Waals surface area contributed by atoms with E-state index in [4.69, 9.17) is 9.15 Å². The SMILES string of the molecule is Cc1cc(OCC(=O)NCCSCc2ccco2)cc(C)c1Br. The van der Waals surface area contributed by atoms with Gasteiger partial charge in [0.25, 0.3) is 5.91 Å². The summed E-state index contributed by atoms with van der Waals surface area (Å²) in [5, 5.41) is 2.85. The Balaban J connectivity index is 1.63. The largest absolute Gasteiger partial charge is 0.484 e. The summed E-state index contributed by atoms with van der Waals surface area (Å²) in [6, 6.07) is 7.66. The van der Waals surface area contributed by atoms with E-state index in [1.807, 2.05) is 38.1 Å². The van der Waals surface area contributed by atoms with Crippen LogP contribution in [0.15, 0.2) is 39.4 Å². The van der Waals surface area contributed by atoms with Gasteiger partial charge in [-0.1, -0.05) is 15.9 Å². The molecule has 0 radical (unpaired) electrons. The van der Waals surface area contributed by atoms with E-state index in [0.29, 0.717) is 12.3 Å². The van der Waals surface area contributed by atoms with E-state index in [1.54, 1.807) is 18.0 Å². The van der Waals surface area contributed by atoms with Gasteiger partial charge in [0, 0.05) is 16.8 Å². The van der Waals surface area contributed by atoms with Gasteiger partial charge in [0.2, 0.25) is 0 Å². The lowest BCUT2D eigenvalue weighted by Crippen LogP contribution is -2.30. The van der Waals surface area contributed by atoms with Crippen LogP contribution in [0.4, 0.5) is 0 Å². The van der Waals surface area contributed by atoms with E-state index in [2.05, 4.69) is 21.2 Å². The molecular formula is C17H20BrNO3S. The van der Waals surface area contributed by atoms with Crippen LogP contribution < -0.4 is 10.1 Å². The van der Waals surface area contributed by atoms with Crippen molar-refractivity contribution in [3.8, 4) is 5.75 Å². The highest BCUT2D eigenvalue weighted by molar-refractivity contribution is 9.10. The summed E-state index contributed by atoms with van der Waals surface area (Å²) in [6.07, 6.45) is 1.67. The fraction of sp³-hybridized carbons (Fsp3) is 0.353. The number of benzene rings is 1. The maximum atomic E-state index is 11.8. The van der Waals surface area contributed by atoms with E-state index in [0.717, 1.165) is 32.9 Å². The van der Waals surface area contributed by atoms with Gasteiger partial charge in [0.05, 0.1) is 12.0 Å². The minimum atomic E-state index is -0.109. The van der Waals surface area contributed by atoms with Crippen LogP contribution in [0, 0.1) is 13.8 Å². The highest BCUT2D eigenvalue weighted by Crippen LogP contribution is 2.26. The molecular weight excluding hydrogens is 378 g/mol. The number of hydrogen-bond donors (Lipinski definition) is 1. The zero-order chi connectivity index (χ0) is 16.7. The fourth-order valence-corrected chi connectivity index (χ4v) is 3.00. The van der Waals surface area contributed by atoms with E-state index in [-0.39, 0.29) is 12.5 Å². The van der Waals surface area contributed by atoms with Crippen molar-refractivity contribution < 1.29 is 13.9 Å². The van der Waals surface area contributed by atoms with E-state index < -0.39 is 0 Å². The first-order chi connectivity index (χ1) is 11.1. The Morgan fingerprint density at radius 3 is 2.74 bits per heavy atom. The van der Waals surface area contributed by atoms with Gasteiger partial charge in [-0.15, -0.1) is 0 Å². The summed E-state index contributed by atoms with van der Waals surface area (Å²) < 4.78 is 11.9. The number of aryl methyl sites for hydroxylation is 2. The number of halogens is 1. The van der Waals surface area contributed by atoms with Gasteiger partial charge in [-0.05, 0) is 49.2 Å². The first kappa shape index (κ1) is 17.9. The molecule has 1 amide bonds. The Morgan fingerprint density at radius 2 is 2.09 bits per heavy atom. The van der Waals surface area contributed by atoms with Crippen LogP contribution in [0.1, 0.15) is 16.9 Å². The highest BCUT2D eigenvalue weighted by atomic mass is 79.9. The molecule has 2 aromatic rings. The number of thioether (sulfide) groups is 1. The molecule has 0 aliphatic heterocycles. The van der Waals surface area contributed by atoms with Gasteiger partial charge < -0.3 is 14.5 Å². The number of hydrogen-bond acceptors (Lipinski definition) is 4. The molecule has 0 aliphatic carbocycles. The molecule has 6 heteroatoms. The summed E-state index contributed by atoms with van der Waals surface area (Å²) in [7, 11) is 0. The Kier molecular flexibility index (Phi) is 7.05. The maximum Gasteiger partial charge on any atom is 0.257 e. The first-order valence-electron chi connectivity index (χ1n) is 7.32. The summed E-state index contributed by atoms with van der Waals surface area (Å²) in [4.78, 5) is 11.8. The third-order valence-electron chi connectivity index (χ3n) is 3.17. The lowest BCUT2D eigenvalue weighted by atomic mass is 10.1. The lowest BCUT2D eigenvalue weighted by Gasteiger charge is -2.10. The number of rotatable bonds is 8. The van der Waals surface area contributed by atoms with Crippen LogP contribution in [-0.2, 0) is 10.5 Å². The fourth-order valence-electron chi connectivity index (χ4n) is 2.02. The number of carbonyl (C=O) groups excluding carboxylic acids is 1. The molecule has 23 heavy (non-hydrogen) atoms. The molecule has 0 unspecified atom stereocenters. The maximum absolute atomic E-state index is 11.8. The molecule has 0 bridgehead atoms. The van der Waals surface area contributed by atoms with Crippen LogP contribution in [0.5, 0.6) is 5.75 Å². The number of furan rings is 1. The summed E-state index contributed by atoms with van der Waals surface area (Å²) >= 11 is 5.23. The van der Waals surface area contributed by atoms with Crippen LogP contribution in [0.3, 0.4) is 0 Å². The standard InChI is InChI=1S/C17H20BrNO3S/c1-12-8-15(9-13(2)17(12)18)22-10-16(20)19-5-7-23-11-14-4-3-6-21-14/h3-4,6,8-9H,5,7,10-11H2,1-2H3,(H,19,20). The number of nitrogens with one attached hydrogen (secondary N) is 1. The normalized spacial score (nSPS) is 10.6. The molecule has 0 aliphatic rings. The molecule has 4 nitrogen and oxygen atoms in total. The third kappa shape index (κ3) is 5.95. The zero-order valence-corrected chi connectivity index (χ0v) is 15.6. The summed E-state index contributed by atoms with van der Waals surface area (Å²) in [6.45, 7) is 4.65. The van der Waals surface area contributed by atoms with Gasteiger partial charge in [0.15, 0.2) is 6.61 Å². The van der Waals surface area contributed by atoms with Gasteiger partial charge in [-0.3, -0.25) is 4.79 Å². The van der Waals surface area contributed by atoms with Crippen molar-refractivity contribution in [2.24, 2.45) is 0 Å². The average molecular weight is 398 g/mol. The van der Waals surface area contributed by atoms with Crippen molar-refractivity contribution in [3.63, 3.8) is 0 Å². The summed E-state index contributed by atoms with van der Waals surface area (Å²) in [5.74, 6) is 3.21. The van der Waals surface area contributed by atoms with Gasteiger partial charge in [-0.25, -0.2) is 0 Å². The molecule has 124 valence electrons. The van der Waals surface area contributed by atoms with Crippen molar-refractivity contribution in [3.05, 3.63) is 51.9 Å². The second kappa shape index (κ2) is 9.03. The van der Waals surface area contributed by atoms with Crippen molar-refractivity contribution >= 4 is 33.6 Å². The topological polar surface area (TPSA) is 51.5 Å². The smallest absolute Gasteiger partial charge is 0.257 e. The second-order valence-electron chi connectivity index (χ2n) is 5.14. The number of carbonyl (C=O) groups is 1. The molecule has 0 fully saturated rings. The first-order valence-corrected chi connectivity index (χ1v) is 9.27. The lowest BCUT2D eigenvalue weighted by molar-refractivity contribution is -0.122. The van der Waals surface area contributed by atoms with E-state index in [9.17, 15) is 4.79 Å². The Morgan fingerprint density at radius 1 is 1.35 bits per heavy atom. The van der Waals surface area contributed by atoms with E-state index in [1.165, 1.54) is 0 Å². The van der Waals surface area contributed by atoms with Crippen molar-refractivity contribution in [2.45, 2.75) is 19.6 Å². The average Bonchev–Trinajstić information content (AvgIpc) is 3.03. The number of ether oxygens (including phenoxy) is 1. The third-order valence-corrected chi connectivity index (χ3v) is 5.41. The van der Waals surface area contributed by atoms with Crippen LogP contribution >= 0.6 is 27.7 Å². The van der Waals surface area contributed by atoms with Crippen LogP contribution in [-0.4, -0.2) is 24.8 Å². The molecule has 0 spiro atoms. The van der Waals surface area contributed by atoms with Gasteiger partial charge in [-0.2, -0.15) is 11.8 Å². The molecule has 1 aromatic heterocycles. The molecule has 2 rings (SSSR count). The van der Waals surface area contributed by atoms with Crippen molar-refractivity contribution in [2.75, 3.05) is 18.9 Å².